The number of hydrogen-bond donors (Lipinski definition) is 1. The molecule has 0 aliphatic carbocycles. The first-order valence-electron chi connectivity index (χ1n) is 9.27. The van der Waals surface area contributed by atoms with E-state index in [2.05, 4.69) is 25.0 Å². The molecule has 0 unspecified atom stereocenters. The maximum Gasteiger partial charge on any atom is 0.241 e. The van der Waals surface area contributed by atoms with Crippen LogP contribution < -0.4 is 0 Å². The molecule has 2 aromatic heterocycles. The number of aryl methyl sites for hydroxylation is 1. The first-order valence-corrected chi connectivity index (χ1v) is 9.27. The molecule has 7 nitrogen and oxygen atoms in total. The van der Waals surface area contributed by atoms with E-state index in [4.69, 9.17) is 4.52 Å². The Morgan fingerprint density at radius 1 is 1.22 bits per heavy atom. The number of nitrogens with zero attached hydrogens (tertiary/aromatic N) is 5. The minimum Gasteiger partial charge on any atom is -0.396 e. The Morgan fingerprint density at radius 2 is 2.11 bits per heavy atom. The van der Waals surface area contributed by atoms with Gasteiger partial charge in [-0.1, -0.05) is 23.4 Å². The number of likely N-dealkylation sites (tertiary alicyclic amines) is 1. The van der Waals surface area contributed by atoms with Crippen molar-refractivity contribution in [3.05, 3.63) is 48.2 Å². The Balaban J connectivity index is 1.51. The predicted molar refractivity (Wildman–Crippen MR) is 101 cm³/mol. The molecular weight excluding hydrogens is 342 g/mol. The van der Waals surface area contributed by atoms with Gasteiger partial charge in [0.2, 0.25) is 11.7 Å². The fourth-order valence-electron chi connectivity index (χ4n) is 3.51. The molecule has 0 amide bonds. The van der Waals surface area contributed by atoms with Crippen molar-refractivity contribution in [2.24, 2.45) is 5.92 Å². The van der Waals surface area contributed by atoms with Crippen molar-refractivity contribution in [1.29, 1.82) is 0 Å². The molecule has 3 aromatic rings. The minimum absolute atomic E-state index is 0.237. The van der Waals surface area contributed by atoms with E-state index in [1.54, 1.807) is 6.20 Å². The lowest BCUT2D eigenvalue weighted by Gasteiger charge is -2.30. The van der Waals surface area contributed by atoms with Gasteiger partial charge in [-0.05, 0) is 44.4 Å². The highest BCUT2D eigenvalue weighted by molar-refractivity contribution is 5.67. The molecule has 0 radical (unpaired) electrons. The minimum atomic E-state index is 0.237. The number of aliphatic hydroxyl groups excluding tert-OH is 1. The van der Waals surface area contributed by atoms with Gasteiger partial charge in [0.25, 0.3) is 0 Å². The van der Waals surface area contributed by atoms with Crippen LogP contribution in [-0.2, 0) is 6.54 Å². The van der Waals surface area contributed by atoms with E-state index in [0.717, 1.165) is 48.6 Å². The van der Waals surface area contributed by atoms with Gasteiger partial charge in [0.15, 0.2) is 0 Å². The third kappa shape index (κ3) is 4.20. The zero-order valence-electron chi connectivity index (χ0n) is 15.4. The first-order chi connectivity index (χ1) is 13.2. The summed E-state index contributed by atoms with van der Waals surface area (Å²) in [6.07, 6.45) is 3.93. The van der Waals surface area contributed by atoms with Crippen LogP contribution in [0.2, 0.25) is 0 Å². The van der Waals surface area contributed by atoms with Gasteiger partial charge in [-0.2, -0.15) is 4.98 Å². The standard InChI is InChI=1S/C20H23N5O2/c1-14-21-8-7-18(22-14)16-5-2-6-17(10-16)20-23-19(27-24-20)12-25-9-3-4-15(11-25)13-26/h2,5-8,10,15,26H,3-4,9,11-13H2,1H3/t15-/m1/s1. The predicted octanol–water partition coefficient (Wildman–Crippen LogP) is 2.71. The van der Waals surface area contributed by atoms with E-state index in [1.165, 1.54) is 0 Å². The Hall–Kier alpha value is -2.64. The molecule has 1 N–H and O–H groups in total. The maximum absolute atomic E-state index is 9.38. The van der Waals surface area contributed by atoms with Crippen molar-refractivity contribution in [2.75, 3.05) is 19.7 Å². The molecule has 0 spiro atoms. The monoisotopic (exact) mass is 365 g/mol. The lowest BCUT2D eigenvalue weighted by Crippen LogP contribution is -2.36. The first kappa shape index (κ1) is 17.8. The number of aromatic nitrogens is 4. The lowest BCUT2D eigenvalue weighted by atomic mass is 9.99. The van der Waals surface area contributed by atoms with E-state index in [1.807, 2.05) is 37.3 Å². The van der Waals surface area contributed by atoms with Crippen LogP contribution in [0.15, 0.2) is 41.1 Å². The second-order valence-corrected chi connectivity index (χ2v) is 7.01. The van der Waals surface area contributed by atoms with E-state index in [-0.39, 0.29) is 6.61 Å². The molecule has 140 valence electrons. The third-order valence-electron chi connectivity index (χ3n) is 4.88. The molecular formula is C20H23N5O2. The van der Waals surface area contributed by atoms with Gasteiger partial charge in [-0.3, -0.25) is 4.90 Å². The van der Waals surface area contributed by atoms with Crippen molar-refractivity contribution >= 4 is 0 Å². The molecule has 1 aliphatic heterocycles. The number of benzene rings is 1. The smallest absolute Gasteiger partial charge is 0.241 e. The van der Waals surface area contributed by atoms with Crippen molar-refractivity contribution < 1.29 is 9.63 Å². The third-order valence-corrected chi connectivity index (χ3v) is 4.88. The van der Waals surface area contributed by atoms with Crippen LogP contribution in [0.25, 0.3) is 22.6 Å². The van der Waals surface area contributed by atoms with Gasteiger partial charge in [-0.15, -0.1) is 0 Å². The van der Waals surface area contributed by atoms with Crippen LogP contribution in [0.5, 0.6) is 0 Å². The summed E-state index contributed by atoms with van der Waals surface area (Å²) in [4.78, 5) is 15.4. The summed E-state index contributed by atoms with van der Waals surface area (Å²) in [6.45, 7) is 4.60. The molecule has 7 heteroatoms. The highest BCUT2D eigenvalue weighted by Gasteiger charge is 2.21. The van der Waals surface area contributed by atoms with Crippen LogP contribution in [0.1, 0.15) is 24.6 Å². The van der Waals surface area contributed by atoms with Crippen LogP contribution in [-0.4, -0.2) is 49.8 Å². The van der Waals surface area contributed by atoms with Crippen LogP contribution in [0.4, 0.5) is 0 Å². The Labute approximate surface area is 158 Å². The van der Waals surface area contributed by atoms with E-state index in [0.29, 0.717) is 24.2 Å². The second kappa shape index (κ2) is 7.94. The molecule has 0 saturated carbocycles. The fourth-order valence-corrected chi connectivity index (χ4v) is 3.51. The van der Waals surface area contributed by atoms with Crippen molar-refractivity contribution in [3.63, 3.8) is 0 Å². The van der Waals surface area contributed by atoms with Crippen molar-refractivity contribution in [2.45, 2.75) is 26.3 Å². The number of rotatable bonds is 5. The van der Waals surface area contributed by atoms with E-state index in [9.17, 15) is 5.11 Å². The summed E-state index contributed by atoms with van der Waals surface area (Å²) in [5, 5.41) is 13.5. The largest absolute Gasteiger partial charge is 0.396 e. The van der Waals surface area contributed by atoms with Crippen molar-refractivity contribution in [3.8, 4) is 22.6 Å². The van der Waals surface area contributed by atoms with Crippen LogP contribution in [0.3, 0.4) is 0 Å². The Bertz CT molecular complexity index is 911. The van der Waals surface area contributed by atoms with Crippen LogP contribution in [0, 0.1) is 12.8 Å². The molecule has 0 bridgehead atoms. The molecule has 4 rings (SSSR count). The van der Waals surface area contributed by atoms with Gasteiger partial charge >= 0.3 is 0 Å². The summed E-state index contributed by atoms with van der Waals surface area (Å²) in [5.41, 5.74) is 2.76. The molecule has 1 fully saturated rings. The molecule has 1 aromatic carbocycles. The summed E-state index contributed by atoms with van der Waals surface area (Å²) < 4.78 is 5.46. The van der Waals surface area contributed by atoms with Gasteiger partial charge in [0, 0.05) is 30.5 Å². The zero-order chi connectivity index (χ0) is 18.6. The Morgan fingerprint density at radius 3 is 2.96 bits per heavy atom. The summed E-state index contributed by atoms with van der Waals surface area (Å²) >= 11 is 0. The SMILES string of the molecule is Cc1nccc(-c2cccc(-c3noc(CN4CCC[C@@H](CO)C4)n3)c2)n1. The number of hydrogen-bond acceptors (Lipinski definition) is 7. The van der Waals surface area contributed by atoms with Crippen molar-refractivity contribution in [1.82, 2.24) is 25.0 Å². The fraction of sp³-hybridized carbons (Fsp3) is 0.400. The number of aliphatic hydroxyl groups is 1. The highest BCUT2D eigenvalue weighted by Crippen LogP contribution is 2.24. The lowest BCUT2D eigenvalue weighted by molar-refractivity contribution is 0.107. The Kier molecular flexibility index (Phi) is 5.22. The molecule has 3 heterocycles. The normalized spacial score (nSPS) is 17.9. The van der Waals surface area contributed by atoms with E-state index >= 15 is 0 Å². The zero-order valence-corrected chi connectivity index (χ0v) is 15.4. The topological polar surface area (TPSA) is 88.2 Å². The molecule has 27 heavy (non-hydrogen) atoms. The van der Waals surface area contributed by atoms with Gasteiger partial charge in [-0.25, -0.2) is 9.97 Å². The summed E-state index contributed by atoms with van der Waals surface area (Å²) in [5.74, 6) is 2.26. The van der Waals surface area contributed by atoms with Gasteiger partial charge in [0.05, 0.1) is 12.2 Å². The summed E-state index contributed by atoms with van der Waals surface area (Å²) in [6, 6.07) is 9.85. The average Bonchev–Trinajstić information content (AvgIpc) is 3.17. The number of piperidine rings is 1. The molecule has 1 atom stereocenters. The van der Waals surface area contributed by atoms with Gasteiger partial charge < -0.3 is 9.63 Å². The molecule has 1 aliphatic rings. The van der Waals surface area contributed by atoms with Gasteiger partial charge in [0.1, 0.15) is 5.82 Å². The van der Waals surface area contributed by atoms with E-state index < -0.39 is 0 Å². The second-order valence-electron chi connectivity index (χ2n) is 7.01. The molecule has 1 saturated heterocycles. The average molecular weight is 365 g/mol. The highest BCUT2D eigenvalue weighted by atomic mass is 16.5. The summed E-state index contributed by atoms with van der Waals surface area (Å²) in [7, 11) is 0. The van der Waals surface area contributed by atoms with Crippen LogP contribution >= 0.6 is 0 Å². The quantitative estimate of drug-likeness (QED) is 0.743. The maximum atomic E-state index is 9.38.